The zero-order valence-electron chi connectivity index (χ0n) is 11.6. The minimum atomic E-state index is 0.0723. The summed E-state index contributed by atoms with van der Waals surface area (Å²) < 4.78 is 0. The number of likely N-dealkylation sites (N-methyl/N-ethyl adjacent to an activating group) is 1. The predicted octanol–water partition coefficient (Wildman–Crippen LogP) is 1.91. The number of likely N-dealkylation sites (tertiary alicyclic amines) is 1. The molecular formula is C15H22N2O2. The second-order valence-corrected chi connectivity index (χ2v) is 5.21. The van der Waals surface area contributed by atoms with Crippen molar-refractivity contribution in [1.82, 2.24) is 10.2 Å². The second kappa shape index (κ2) is 6.06. The van der Waals surface area contributed by atoms with Crippen LogP contribution in [0.25, 0.3) is 0 Å². The molecule has 4 nitrogen and oxygen atoms in total. The third-order valence-electron chi connectivity index (χ3n) is 3.77. The van der Waals surface area contributed by atoms with Gasteiger partial charge in [-0.1, -0.05) is 0 Å². The van der Waals surface area contributed by atoms with E-state index in [0.717, 1.165) is 31.5 Å². The molecule has 1 amide bonds. The summed E-state index contributed by atoms with van der Waals surface area (Å²) in [5, 5.41) is 12.7. The zero-order chi connectivity index (χ0) is 13.8. The molecule has 0 radical (unpaired) electrons. The van der Waals surface area contributed by atoms with E-state index in [0.29, 0.717) is 5.56 Å². The van der Waals surface area contributed by atoms with Gasteiger partial charge in [-0.15, -0.1) is 0 Å². The highest BCUT2D eigenvalue weighted by Crippen LogP contribution is 2.22. The van der Waals surface area contributed by atoms with Gasteiger partial charge in [0, 0.05) is 24.7 Å². The van der Waals surface area contributed by atoms with E-state index in [9.17, 15) is 9.90 Å². The van der Waals surface area contributed by atoms with Crippen LogP contribution in [0.5, 0.6) is 5.75 Å². The maximum absolute atomic E-state index is 12.6. The van der Waals surface area contributed by atoms with Crippen LogP contribution < -0.4 is 5.32 Å². The Morgan fingerprint density at radius 3 is 2.95 bits per heavy atom. The van der Waals surface area contributed by atoms with Crippen molar-refractivity contribution in [2.75, 3.05) is 20.1 Å². The molecule has 0 spiro atoms. The minimum Gasteiger partial charge on any atom is -0.508 e. The van der Waals surface area contributed by atoms with Gasteiger partial charge in [-0.3, -0.25) is 4.79 Å². The second-order valence-electron chi connectivity index (χ2n) is 5.21. The van der Waals surface area contributed by atoms with Crippen molar-refractivity contribution in [2.45, 2.75) is 32.2 Å². The van der Waals surface area contributed by atoms with Gasteiger partial charge in [-0.2, -0.15) is 0 Å². The fraction of sp³-hybridized carbons (Fsp3) is 0.533. The normalized spacial score (nSPS) is 19.5. The predicted molar refractivity (Wildman–Crippen MR) is 75.4 cm³/mol. The van der Waals surface area contributed by atoms with Gasteiger partial charge < -0.3 is 15.3 Å². The average Bonchev–Trinajstić information content (AvgIpc) is 2.42. The maximum Gasteiger partial charge on any atom is 0.254 e. The molecule has 1 aromatic carbocycles. The Bertz CT molecular complexity index is 457. The molecule has 1 aliphatic heterocycles. The number of benzene rings is 1. The molecule has 0 bridgehead atoms. The Hall–Kier alpha value is -1.55. The van der Waals surface area contributed by atoms with Crippen molar-refractivity contribution in [3.05, 3.63) is 29.3 Å². The summed E-state index contributed by atoms with van der Waals surface area (Å²) in [5.41, 5.74) is 1.41. The first-order valence-electron chi connectivity index (χ1n) is 6.88. The first-order chi connectivity index (χ1) is 9.13. The van der Waals surface area contributed by atoms with E-state index in [1.807, 2.05) is 18.9 Å². The quantitative estimate of drug-likeness (QED) is 0.875. The summed E-state index contributed by atoms with van der Waals surface area (Å²) in [7, 11) is 1.92. The number of aryl methyl sites for hydroxylation is 1. The number of nitrogens with one attached hydrogen (secondary N) is 1. The molecule has 104 valence electrons. The summed E-state index contributed by atoms with van der Waals surface area (Å²) in [6.45, 7) is 3.47. The van der Waals surface area contributed by atoms with Gasteiger partial charge in [0.1, 0.15) is 5.75 Å². The van der Waals surface area contributed by atoms with Gasteiger partial charge in [0.15, 0.2) is 0 Å². The van der Waals surface area contributed by atoms with Crippen LogP contribution in [0.15, 0.2) is 18.2 Å². The molecule has 1 fully saturated rings. The SMILES string of the molecule is CNCC1CCCCN1C(=O)c1ccc(O)c(C)c1. The van der Waals surface area contributed by atoms with Gasteiger partial charge in [0.25, 0.3) is 5.91 Å². The third kappa shape index (κ3) is 3.07. The van der Waals surface area contributed by atoms with Gasteiger partial charge >= 0.3 is 0 Å². The molecule has 19 heavy (non-hydrogen) atoms. The van der Waals surface area contributed by atoms with Crippen LogP contribution in [-0.4, -0.2) is 42.1 Å². The molecule has 0 saturated carbocycles. The lowest BCUT2D eigenvalue weighted by Gasteiger charge is -2.35. The van der Waals surface area contributed by atoms with Crippen molar-refractivity contribution in [2.24, 2.45) is 0 Å². The highest BCUT2D eigenvalue weighted by atomic mass is 16.3. The summed E-state index contributed by atoms with van der Waals surface area (Å²) in [5.74, 6) is 0.310. The zero-order valence-corrected chi connectivity index (χ0v) is 11.6. The summed E-state index contributed by atoms with van der Waals surface area (Å²) in [4.78, 5) is 14.5. The lowest BCUT2D eigenvalue weighted by Crippen LogP contribution is -2.48. The third-order valence-corrected chi connectivity index (χ3v) is 3.77. The molecule has 2 N–H and O–H groups in total. The molecule has 1 aliphatic rings. The van der Waals surface area contributed by atoms with Crippen LogP contribution in [0.2, 0.25) is 0 Å². The first kappa shape index (κ1) is 13.9. The van der Waals surface area contributed by atoms with Crippen molar-refractivity contribution in [1.29, 1.82) is 0 Å². The Labute approximate surface area is 114 Å². The maximum atomic E-state index is 12.6. The molecule has 0 aliphatic carbocycles. The molecular weight excluding hydrogens is 240 g/mol. The average molecular weight is 262 g/mol. The van der Waals surface area contributed by atoms with E-state index in [4.69, 9.17) is 0 Å². The van der Waals surface area contributed by atoms with Crippen LogP contribution in [0.1, 0.15) is 35.2 Å². The number of hydrogen-bond acceptors (Lipinski definition) is 3. The van der Waals surface area contributed by atoms with Crippen LogP contribution in [0.3, 0.4) is 0 Å². The topological polar surface area (TPSA) is 52.6 Å². The summed E-state index contributed by atoms with van der Waals surface area (Å²) in [6, 6.07) is 5.35. The molecule has 1 unspecified atom stereocenters. The Kier molecular flexibility index (Phi) is 4.43. The van der Waals surface area contributed by atoms with Crippen LogP contribution in [0, 0.1) is 6.92 Å². The standard InChI is InChI=1S/C15H22N2O2/c1-11-9-12(6-7-14(11)18)15(19)17-8-4-3-5-13(17)10-16-2/h6-7,9,13,16,18H,3-5,8,10H2,1-2H3. The van der Waals surface area contributed by atoms with E-state index in [1.165, 1.54) is 6.42 Å². The number of amides is 1. The van der Waals surface area contributed by atoms with Crippen molar-refractivity contribution in [3.8, 4) is 5.75 Å². The Balaban J connectivity index is 2.18. The lowest BCUT2D eigenvalue weighted by molar-refractivity contribution is 0.0615. The summed E-state index contributed by atoms with van der Waals surface area (Å²) >= 11 is 0. The summed E-state index contributed by atoms with van der Waals surface area (Å²) in [6.07, 6.45) is 3.32. The number of aromatic hydroxyl groups is 1. The first-order valence-corrected chi connectivity index (χ1v) is 6.88. The van der Waals surface area contributed by atoms with E-state index < -0.39 is 0 Å². The van der Waals surface area contributed by atoms with E-state index >= 15 is 0 Å². The number of phenols is 1. The van der Waals surface area contributed by atoms with Crippen LogP contribution in [0.4, 0.5) is 0 Å². The lowest BCUT2D eigenvalue weighted by atomic mass is 10.00. The van der Waals surface area contributed by atoms with Crippen LogP contribution >= 0.6 is 0 Å². The van der Waals surface area contributed by atoms with Gasteiger partial charge in [-0.25, -0.2) is 0 Å². The highest BCUT2D eigenvalue weighted by molar-refractivity contribution is 5.94. The van der Waals surface area contributed by atoms with Gasteiger partial charge in [0.05, 0.1) is 0 Å². The van der Waals surface area contributed by atoms with Gasteiger partial charge in [0.2, 0.25) is 0 Å². The van der Waals surface area contributed by atoms with Gasteiger partial charge in [-0.05, 0) is 57.0 Å². The Morgan fingerprint density at radius 2 is 2.26 bits per heavy atom. The number of nitrogens with zero attached hydrogens (tertiary/aromatic N) is 1. The minimum absolute atomic E-state index is 0.0723. The number of carbonyl (C=O) groups is 1. The van der Waals surface area contributed by atoms with E-state index in [2.05, 4.69) is 5.32 Å². The molecule has 1 aromatic rings. The van der Waals surface area contributed by atoms with Crippen molar-refractivity contribution >= 4 is 5.91 Å². The fourth-order valence-corrected chi connectivity index (χ4v) is 2.67. The fourth-order valence-electron chi connectivity index (χ4n) is 2.67. The molecule has 4 heteroatoms. The van der Waals surface area contributed by atoms with Crippen molar-refractivity contribution < 1.29 is 9.90 Å². The number of hydrogen-bond donors (Lipinski definition) is 2. The van der Waals surface area contributed by atoms with Crippen LogP contribution in [-0.2, 0) is 0 Å². The molecule has 2 rings (SSSR count). The highest BCUT2D eigenvalue weighted by Gasteiger charge is 2.26. The molecule has 0 aromatic heterocycles. The van der Waals surface area contributed by atoms with Crippen molar-refractivity contribution in [3.63, 3.8) is 0 Å². The molecule has 1 heterocycles. The monoisotopic (exact) mass is 262 g/mol. The molecule has 1 saturated heterocycles. The van der Waals surface area contributed by atoms with E-state index in [-0.39, 0.29) is 17.7 Å². The number of rotatable bonds is 3. The number of piperidine rings is 1. The van der Waals surface area contributed by atoms with E-state index in [1.54, 1.807) is 18.2 Å². The Morgan fingerprint density at radius 1 is 1.47 bits per heavy atom. The number of phenolic OH excluding ortho intramolecular Hbond substituents is 1. The largest absolute Gasteiger partial charge is 0.508 e. The molecule has 1 atom stereocenters. The smallest absolute Gasteiger partial charge is 0.254 e. The number of carbonyl (C=O) groups excluding carboxylic acids is 1.